The van der Waals surface area contributed by atoms with Crippen LogP contribution in [0.3, 0.4) is 0 Å². The van der Waals surface area contributed by atoms with Crippen LogP contribution in [0.25, 0.3) is 0 Å². The first-order valence-corrected chi connectivity index (χ1v) is 10.5. The SMILES string of the molecule is COc1ccc(NC(=O)c2sccc2NS(=O)(=O)c2ccccc2)cc1OC. The molecular weight excluding hydrogens is 400 g/mol. The quantitative estimate of drug-likeness (QED) is 0.608. The van der Waals surface area contributed by atoms with E-state index in [1.165, 1.54) is 26.4 Å². The highest BCUT2D eigenvalue weighted by molar-refractivity contribution is 7.92. The fraction of sp³-hybridized carbons (Fsp3) is 0.105. The monoisotopic (exact) mass is 418 g/mol. The van der Waals surface area contributed by atoms with E-state index in [1.54, 1.807) is 47.8 Å². The van der Waals surface area contributed by atoms with E-state index >= 15 is 0 Å². The molecule has 0 spiro atoms. The molecule has 0 unspecified atom stereocenters. The van der Waals surface area contributed by atoms with E-state index in [2.05, 4.69) is 10.0 Å². The van der Waals surface area contributed by atoms with Crippen LogP contribution in [0.1, 0.15) is 9.67 Å². The maximum absolute atomic E-state index is 12.7. The lowest BCUT2D eigenvalue weighted by Gasteiger charge is -2.11. The van der Waals surface area contributed by atoms with Crippen LogP contribution < -0.4 is 19.5 Å². The predicted molar refractivity (Wildman–Crippen MR) is 109 cm³/mol. The lowest BCUT2D eigenvalue weighted by atomic mass is 10.2. The third-order valence-electron chi connectivity index (χ3n) is 3.81. The Morgan fingerprint density at radius 1 is 0.964 bits per heavy atom. The van der Waals surface area contributed by atoms with Gasteiger partial charge in [-0.2, -0.15) is 0 Å². The molecule has 1 heterocycles. The molecule has 1 amide bonds. The molecule has 0 fully saturated rings. The van der Waals surface area contributed by atoms with E-state index in [9.17, 15) is 13.2 Å². The van der Waals surface area contributed by atoms with Crippen LogP contribution in [0.4, 0.5) is 11.4 Å². The first kappa shape index (κ1) is 19.7. The standard InChI is InChI=1S/C19H18N2O5S2/c1-25-16-9-8-13(12-17(16)26-2)20-19(22)18-15(10-11-27-18)21-28(23,24)14-6-4-3-5-7-14/h3-12,21H,1-2H3,(H,20,22). The Bertz CT molecular complexity index is 1080. The first-order chi connectivity index (χ1) is 13.4. The number of carbonyl (C=O) groups excluding carboxylic acids is 1. The second kappa shape index (κ2) is 8.32. The summed E-state index contributed by atoms with van der Waals surface area (Å²) < 4.78 is 37.9. The third-order valence-corrected chi connectivity index (χ3v) is 6.11. The van der Waals surface area contributed by atoms with Crippen molar-refractivity contribution < 1.29 is 22.7 Å². The molecule has 1 aromatic heterocycles. The smallest absolute Gasteiger partial charge is 0.267 e. The van der Waals surface area contributed by atoms with E-state index in [1.807, 2.05) is 0 Å². The van der Waals surface area contributed by atoms with Crippen molar-refractivity contribution in [2.75, 3.05) is 24.3 Å². The van der Waals surface area contributed by atoms with Gasteiger partial charge in [-0.15, -0.1) is 11.3 Å². The summed E-state index contributed by atoms with van der Waals surface area (Å²) in [5.41, 5.74) is 0.708. The number of carbonyl (C=O) groups is 1. The molecule has 3 aromatic rings. The fourth-order valence-corrected chi connectivity index (χ4v) is 4.37. The van der Waals surface area contributed by atoms with Crippen LogP contribution >= 0.6 is 11.3 Å². The van der Waals surface area contributed by atoms with Gasteiger partial charge in [-0.05, 0) is 35.7 Å². The summed E-state index contributed by atoms with van der Waals surface area (Å²) in [5, 5.41) is 4.38. The summed E-state index contributed by atoms with van der Waals surface area (Å²) in [6.07, 6.45) is 0. The molecule has 0 bridgehead atoms. The fourth-order valence-electron chi connectivity index (χ4n) is 2.47. The number of benzene rings is 2. The molecule has 0 aliphatic rings. The van der Waals surface area contributed by atoms with Gasteiger partial charge in [0.25, 0.3) is 15.9 Å². The van der Waals surface area contributed by atoms with Crippen LogP contribution in [0, 0.1) is 0 Å². The van der Waals surface area contributed by atoms with Crippen molar-refractivity contribution in [3.05, 3.63) is 64.9 Å². The number of methoxy groups -OCH3 is 2. The summed E-state index contributed by atoms with van der Waals surface area (Å²) >= 11 is 1.14. The molecule has 3 rings (SSSR count). The highest BCUT2D eigenvalue weighted by Gasteiger charge is 2.20. The van der Waals surface area contributed by atoms with E-state index in [-0.39, 0.29) is 15.5 Å². The number of sulfonamides is 1. The molecule has 146 valence electrons. The minimum Gasteiger partial charge on any atom is -0.493 e. The number of ether oxygens (including phenoxy) is 2. The average Bonchev–Trinajstić information content (AvgIpc) is 3.16. The first-order valence-electron chi connectivity index (χ1n) is 8.13. The molecule has 0 radical (unpaired) electrons. The second-order valence-electron chi connectivity index (χ2n) is 5.61. The lowest BCUT2D eigenvalue weighted by molar-refractivity contribution is 0.103. The third kappa shape index (κ3) is 4.26. The Balaban J connectivity index is 1.81. The normalized spacial score (nSPS) is 10.9. The number of hydrogen-bond donors (Lipinski definition) is 2. The molecule has 7 nitrogen and oxygen atoms in total. The van der Waals surface area contributed by atoms with E-state index < -0.39 is 15.9 Å². The van der Waals surface area contributed by atoms with Gasteiger partial charge in [0.2, 0.25) is 0 Å². The summed E-state index contributed by atoms with van der Waals surface area (Å²) in [4.78, 5) is 13.0. The molecule has 9 heteroatoms. The van der Waals surface area contributed by atoms with Crippen molar-refractivity contribution in [2.24, 2.45) is 0 Å². The van der Waals surface area contributed by atoms with Crippen molar-refractivity contribution in [3.8, 4) is 11.5 Å². The number of hydrogen-bond acceptors (Lipinski definition) is 6. The van der Waals surface area contributed by atoms with Gasteiger partial charge >= 0.3 is 0 Å². The Morgan fingerprint density at radius 2 is 1.68 bits per heavy atom. The minimum atomic E-state index is -3.79. The van der Waals surface area contributed by atoms with Gasteiger partial charge < -0.3 is 14.8 Å². The Morgan fingerprint density at radius 3 is 2.36 bits per heavy atom. The van der Waals surface area contributed by atoms with Crippen molar-refractivity contribution in [3.63, 3.8) is 0 Å². The number of anilines is 2. The Labute approximate surface area is 167 Å². The van der Waals surface area contributed by atoms with Gasteiger partial charge in [0, 0.05) is 11.8 Å². The molecule has 0 saturated carbocycles. The molecule has 0 aliphatic heterocycles. The van der Waals surface area contributed by atoms with Crippen molar-refractivity contribution >= 4 is 38.6 Å². The summed E-state index contributed by atoms with van der Waals surface area (Å²) in [5.74, 6) is 0.567. The van der Waals surface area contributed by atoms with E-state index in [0.717, 1.165) is 11.3 Å². The number of rotatable bonds is 7. The van der Waals surface area contributed by atoms with Crippen LogP contribution in [0.5, 0.6) is 11.5 Å². The molecule has 0 saturated heterocycles. The van der Waals surface area contributed by atoms with Gasteiger partial charge in [-0.1, -0.05) is 18.2 Å². The molecule has 28 heavy (non-hydrogen) atoms. The van der Waals surface area contributed by atoms with Crippen LogP contribution in [0.2, 0.25) is 0 Å². The van der Waals surface area contributed by atoms with Gasteiger partial charge in [-0.3, -0.25) is 9.52 Å². The highest BCUT2D eigenvalue weighted by atomic mass is 32.2. The number of amides is 1. The zero-order valence-corrected chi connectivity index (χ0v) is 16.8. The van der Waals surface area contributed by atoms with Crippen LogP contribution in [-0.4, -0.2) is 28.5 Å². The zero-order valence-electron chi connectivity index (χ0n) is 15.1. The largest absolute Gasteiger partial charge is 0.493 e. The van der Waals surface area contributed by atoms with E-state index in [0.29, 0.717) is 17.2 Å². The van der Waals surface area contributed by atoms with Crippen LogP contribution in [0.15, 0.2) is 64.9 Å². The summed E-state index contributed by atoms with van der Waals surface area (Å²) in [6.45, 7) is 0. The van der Waals surface area contributed by atoms with Crippen molar-refractivity contribution in [1.29, 1.82) is 0 Å². The predicted octanol–water partition coefficient (Wildman–Crippen LogP) is 3.82. The highest BCUT2D eigenvalue weighted by Crippen LogP contribution is 2.31. The average molecular weight is 418 g/mol. The lowest BCUT2D eigenvalue weighted by Crippen LogP contribution is -2.17. The van der Waals surface area contributed by atoms with Crippen molar-refractivity contribution in [1.82, 2.24) is 0 Å². The van der Waals surface area contributed by atoms with Crippen LogP contribution in [-0.2, 0) is 10.0 Å². The molecule has 2 aromatic carbocycles. The maximum atomic E-state index is 12.7. The Hall–Kier alpha value is -3.04. The zero-order chi connectivity index (χ0) is 20.1. The maximum Gasteiger partial charge on any atom is 0.267 e. The molecule has 0 aliphatic carbocycles. The Kier molecular flexibility index (Phi) is 5.86. The topological polar surface area (TPSA) is 93.7 Å². The van der Waals surface area contributed by atoms with Gasteiger partial charge in [0.05, 0.1) is 24.8 Å². The van der Waals surface area contributed by atoms with Gasteiger partial charge in [0.1, 0.15) is 4.88 Å². The molecular formula is C19H18N2O5S2. The second-order valence-corrected chi connectivity index (χ2v) is 8.20. The van der Waals surface area contributed by atoms with Gasteiger partial charge in [-0.25, -0.2) is 8.42 Å². The molecule has 0 atom stereocenters. The molecule has 2 N–H and O–H groups in total. The van der Waals surface area contributed by atoms with Crippen molar-refractivity contribution in [2.45, 2.75) is 4.90 Å². The minimum absolute atomic E-state index is 0.118. The number of thiophene rings is 1. The summed E-state index contributed by atoms with van der Waals surface area (Å²) in [7, 11) is -0.772. The van der Waals surface area contributed by atoms with E-state index in [4.69, 9.17) is 9.47 Å². The number of nitrogens with one attached hydrogen (secondary N) is 2. The van der Waals surface area contributed by atoms with Gasteiger partial charge in [0.15, 0.2) is 11.5 Å². The summed E-state index contributed by atoms with van der Waals surface area (Å²) in [6, 6.07) is 14.5.